The SMILES string of the molecule is CC(CN(C)C)NC(=O)c1cc(-c2ccccc2)nc2ccccc12. The summed E-state index contributed by atoms with van der Waals surface area (Å²) in [5, 5.41) is 3.96. The van der Waals surface area contributed by atoms with Gasteiger partial charge in [-0.25, -0.2) is 4.98 Å². The van der Waals surface area contributed by atoms with E-state index in [9.17, 15) is 4.79 Å². The lowest BCUT2D eigenvalue weighted by Crippen LogP contribution is -2.39. The lowest BCUT2D eigenvalue weighted by molar-refractivity contribution is 0.0936. The van der Waals surface area contributed by atoms with Crippen molar-refractivity contribution in [2.75, 3.05) is 20.6 Å². The number of pyridine rings is 1. The summed E-state index contributed by atoms with van der Waals surface area (Å²) >= 11 is 0. The van der Waals surface area contributed by atoms with Crippen molar-refractivity contribution in [1.82, 2.24) is 15.2 Å². The standard InChI is InChI=1S/C21H23N3O/c1-15(14-24(2)3)22-21(25)18-13-20(16-9-5-4-6-10-16)23-19-12-8-7-11-17(18)19/h4-13,15H,14H2,1-3H3,(H,22,25). The van der Waals surface area contributed by atoms with Crippen LogP contribution in [0.15, 0.2) is 60.7 Å². The van der Waals surface area contributed by atoms with Crippen LogP contribution in [0.2, 0.25) is 0 Å². The smallest absolute Gasteiger partial charge is 0.252 e. The fourth-order valence-electron chi connectivity index (χ4n) is 3.01. The summed E-state index contributed by atoms with van der Waals surface area (Å²) in [6.45, 7) is 2.81. The first kappa shape index (κ1) is 17.1. The number of hydrogen-bond acceptors (Lipinski definition) is 3. The average molecular weight is 333 g/mol. The van der Waals surface area contributed by atoms with Crippen molar-refractivity contribution in [3.05, 3.63) is 66.2 Å². The third-order valence-electron chi connectivity index (χ3n) is 4.05. The number of carbonyl (C=O) groups is 1. The number of benzene rings is 2. The van der Waals surface area contributed by atoms with Crippen molar-refractivity contribution in [3.63, 3.8) is 0 Å². The Kier molecular flexibility index (Phi) is 5.10. The van der Waals surface area contributed by atoms with E-state index in [4.69, 9.17) is 4.98 Å². The van der Waals surface area contributed by atoms with Crippen LogP contribution in [0.25, 0.3) is 22.2 Å². The number of nitrogens with one attached hydrogen (secondary N) is 1. The molecule has 0 fully saturated rings. The third kappa shape index (κ3) is 4.03. The molecule has 1 unspecified atom stereocenters. The zero-order valence-corrected chi connectivity index (χ0v) is 14.9. The Hall–Kier alpha value is -2.72. The third-order valence-corrected chi connectivity index (χ3v) is 4.05. The van der Waals surface area contributed by atoms with E-state index in [0.29, 0.717) is 5.56 Å². The Balaban J connectivity index is 2.02. The first-order valence-electron chi connectivity index (χ1n) is 8.45. The zero-order chi connectivity index (χ0) is 17.8. The molecule has 0 spiro atoms. The molecule has 128 valence electrons. The summed E-state index contributed by atoms with van der Waals surface area (Å²) in [5.74, 6) is -0.0647. The summed E-state index contributed by atoms with van der Waals surface area (Å²) in [5.41, 5.74) is 3.30. The van der Waals surface area contributed by atoms with Crippen LogP contribution >= 0.6 is 0 Å². The quantitative estimate of drug-likeness (QED) is 0.776. The van der Waals surface area contributed by atoms with Gasteiger partial charge in [0.25, 0.3) is 5.91 Å². The van der Waals surface area contributed by atoms with Gasteiger partial charge in [0.1, 0.15) is 0 Å². The van der Waals surface area contributed by atoms with Crippen LogP contribution in [0.4, 0.5) is 0 Å². The minimum Gasteiger partial charge on any atom is -0.348 e. The van der Waals surface area contributed by atoms with E-state index in [2.05, 4.69) is 10.2 Å². The number of rotatable bonds is 5. The lowest BCUT2D eigenvalue weighted by atomic mass is 10.0. The van der Waals surface area contributed by atoms with Crippen LogP contribution in [0.1, 0.15) is 17.3 Å². The monoisotopic (exact) mass is 333 g/mol. The second kappa shape index (κ2) is 7.45. The molecular formula is C21H23N3O. The normalized spacial score (nSPS) is 12.3. The zero-order valence-electron chi connectivity index (χ0n) is 14.9. The first-order valence-corrected chi connectivity index (χ1v) is 8.45. The molecule has 1 atom stereocenters. The number of amides is 1. The van der Waals surface area contributed by atoms with Gasteiger partial charge in [0.2, 0.25) is 0 Å². The van der Waals surface area contributed by atoms with Crippen molar-refractivity contribution in [3.8, 4) is 11.3 Å². The first-order chi connectivity index (χ1) is 12.0. The van der Waals surface area contributed by atoms with E-state index in [0.717, 1.165) is 28.7 Å². The van der Waals surface area contributed by atoms with Crippen molar-refractivity contribution in [2.24, 2.45) is 0 Å². The van der Waals surface area contributed by atoms with E-state index < -0.39 is 0 Å². The number of hydrogen-bond donors (Lipinski definition) is 1. The molecule has 0 radical (unpaired) electrons. The average Bonchev–Trinajstić information content (AvgIpc) is 2.60. The van der Waals surface area contributed by atoms with E-state index in [1.165, 1.54) is 0 Å². The molecule has 3 rings (SSSR count). The van der Waals surface area contributed by atoms with Crippen molar-refractivity contribution < 1.29 is 4.79 Å². The topological polar surface area (TPSA) is 45.2 Å². The fraction of sp³-hybridized carbons (Fsp3) is 0.238. The van der Waals surface area contributed by atoms with Gasteiger partial charge in [-0.05, 0) is 33.2 Å². The van der Waals surface area contributed by atoms with Crippen LogP contribution in [0, 0.1) is 0 Å². The molecule has 1 aromatic heterocycles. The number of carbonyl (C=O) groups excluding carboxylic acids is 1. The Morgan fingerprint density at radius 2 is 1.76 bits per heavy atom. The van der Waals surface area contributed by atoms with Crippen molar-refractivity contribution in [2.45, 2.75) is 13.0 Å². The minimum absolute atomic E-state index is 0.0644. The number of likely N-dealkylation sites (N-methyl/N-ethyl adjacent to an activating group) is 1. The van der Waals surface area contributed by atoms with Crippen LogP contribution in [0.3, 0.4) is 0 Å². The van der Waals surface area contributed by atoms with Gasteiger partial charge in [0, 0.05) is 23.5 Å². The van der Waals surface area contributed by atoms with E-state index in [1.54, 1.807) is 0 Å². The number of para-hydroxylation sites is 1. The highest BCUT2D eigenvalue weighted by atomic mass is 16.1. The highest BCUT2D eigenvalue weighted by Gasteiger charge is 2.16. The van der Waals surface area contributed by atoms with Gasteiger partial charge in [0.15, 0.2) is 0 Å². The van der Waals surface area contributed by atoms with Gasteiger partial charge in [-0.15, -0.1) is 0 Å². The Morgan fingerprint density at radius 1 is 1.08 bits per heavy atom. The van der Waals surface area contributed by atoms with E-state index in [-0.39, 0.29) is 11.9 Å². The van der Waals surface area contributed by atoms with Gasteiger partial charge >= 0.3 is 0 Å². The summed E-state index contributed by atoms with van der Waals surface area (Å²) in [7, 11) is 4.00. The maximum Gasteiger partial charge on any atom is 0.252 e. The van der Waals surface area contributed by atoms with E-state index >= 15 is 0 Å². The molecule has 0 aliphatic rings. The second-order valence-electron chi connectivity index (χ2n) is 6.57. The number of aromatic nitrogens is 1. The van der Waals surface area contributed by atoms with E-state index in [1.807, 2.05) is 81.7 Å². The molecule has 4 heteroatoms. The Morgan fingerprint density at radius 3 is 2.48 bits per heavy atom. The van der Waals surface area contributed by atoms with Crippen molar-refractivity contribution >= 4 is 16.8 Å². The van der Waals surface area contributed by atoms with Crippen LogP contribution in [-0.2, 0) is 0 Å². The highest BCUT2D eigenvalue weighted by molar-refractivity contribution is 6.07. The molecule has 25 heavy (non-hydrogen) atoms. The molecule has 0 aliphatic carbocycles. The molecule has 1 heterocycles. The molecule has 1 amide bonds. The fourth-order valence-corrected chi connectivity index (χ4v) is 3.01. The minimum atomic E-state index is -0.0647. The maximum absolute atomic E-state index is 12.9. The summed E-state index contributed by atoms with van der Waals surface area (Å²) in [6, 6.07) is 19.7. The summed E-state index contributed by atoms with van der Waals surface area (Å²) in [6.07, 6.45) is 0. The number of fused-ring (bicyclic) bond motifs is 1. The number of nitrogens with zero attached hydrogens (tertiary/aromatic N) is 2. The Bertz CT molecular complexity index is 875. The molecule has 0 bridgehead atoms. The van der Waals surface area contributed by atoms with Gasteiger partial charge in [0.05, 0.1) is 16.8 Å². The summed E-state index contributed by atoms with van der Waals surface area (Å²) < 4.78 is 0. The molecule has 0 saturated carbocycles. The van der Waals surface area contributed by atoms with Crippen LogP contribution in [-0.4, -0.2) is 42.5 Å². The highest BCUT2D eigenvalue weighted by Crippen LogP contribution is 2.24. The van der Waals surface area contributed by atoms with Gasteiger partial charge in [-0.3, -0.25) is 4.79 Å². The predicted octanol–water partition coefficient (Wildman–Crippen LogP) is 3.58. The predicted molar refractivity (Wildman–Crippen MR) is 103 cm³/mol. The molecule has 4 nitrogen and oxygen atoms in total. The lowest BCUT2D eigenvalue weighted by Gasteiger charge is -2.19. The van der Waals surface area contributed by atoms with Gasteiger partial charge in [-0.2, -0.15) is 0 Å². The maximum atomic E-state index is 12.9. The molecule has 0 saturated heterocycles. The second-order valence-corrected chi connectivity index (χ2v) is 6.57. The van der Waals surface area contributed by atoms with Crippen molar-refractivity contribution in [1.29, 1.82) is 0 Å². The molecule has 1 N–H and O–H groups in total. The molecule has 0 aliphatic heterocycles. The van der Waals surface area contributed by atoms with Gasteiger partial charge in [-0.1, -0.05) is 48.5 Å². The molecule has 2 aromatic carbocycles. The largest absolute Gasteiger partial charge is 0.348 e. The van der Waals surface area contributed by atoms with Gasteiger partial charge < -0.3 is 10.2 Å². The Labute approximate surface area is 148 Å². The molecule has 3 aromatic rings. The molecular weight excluding hydrogens is 310 g/mol. The summed E-state index contributed by atoms with van der Waals surface area (Å²) in [4.78, 5) is 19.7. The van der Waals surface area contributed by atoms with Crippen LogP contribution in [0.5, 0.6) is 0 Å². The van der Waals surface area contributed by atoms with Crippen LogP contribution < -0.4 is 5.32 Å².